The van der Waals surface area contributed by atoms with Crippen LogP contribution >= 0.6 is 34.8 Å². The topological polar surface area (TPSA) is 32.3 Å². The average Bonchev–Trinajstić information content (AvgIpc) is 2.22. The van der Waals surface area contributed by atoms with Gasteiger partial charge in [-0.05, 0) is 39.2 Å². The molecule has 0 bridgehead atoms. The van der Waals surface area contributed by atoms with Gasteiger partial charge in [0.1, 0.15) is 0 Å². The highest BCUT2D eigenvalue weighted by Crippen LogP contribution is 2.28. The molecule has 0 aliphatic heterocycles. The van der Waals surface area contributed by atoms with Gasteiger partial charge in [0.2, 0.25) is 0 Å². The highest BCUT2D eigenvalue weighted by atomic mass is 35.5. The fourth-order valence-electron chi connectivity index (χ4n) is 1.44. The molecule has 6 heteroatoms. The molecular weight excluding hydrogens is 295 g/mol. The quantitative estimate of drug-likeness (QED) is 0.846. The molecule has 3 nitrogen and oxygen atoms in total. The Morgan fingerprint density at radius 3 is 2.28 bits per heavy atom. The van der Waals surface area contributed by atoms with Crippen LogP contribution in [0.4, 0.5) is 0 Å². The number of hydrogen-bond acceptors (Lipinski definition) is 2. The summed E-state index contributed by atoms with van der Waals surface area (Å²) in [6, 6.07) is 3.01. The van der Waals surface area contributed by atoms with Crippen LogP contribution in [-0.2, 0) is 0 Å². The first-order valence-corrected chi connectivity index (χ1v) is 6.62. The molecule has 0 aliphatic carbocycles. The van der Waals surface area contributed by atoms with E-state index in [4.69, 9.17) is 34.8 Å². The van der Waals surface area contributed by atoms with Gasteiger partial charge >= 0.3 is 0 Å². The Labute approximate surface area is 122 Å². The van der Waals surface area contributed by atoms with E-state index < -0.39 is 0 Å². The Balaban J connectivity index is 2.62. The average molecular weight is 310 g/mol. The van der Waals surface area contributed by atoms with E-state index in [1.807, 2.05) is 14.1 Å². The van der Waals surface area contributed by atoms with E-state index in [0.717, 1.165) is 13.0 Å². The summed E-state index contributed by atoms with van der Waals surface area (Å²) in [5.41, 5.74) is 0.271. The molecule has 18 heavy (non-hydrogen) atoms. The lowest BCUT2D eigenvalue weighted by atomic mass is 10.2. The van der Waals surface area contributed by atoms with Crippen molar-refractivity contribution < 1.29 is 4.79 Å². The van der Waals surface area contributed by atoms with Gasteiger partial charge in [0.15, 0.2) is 0 Å². The normalized spacial score (nSPS) is 10.8. The van der Waals surface area contributed by atoms with Crippen LogP contribution in [0, 0.1) is 0 Å². The summed E-state index contributed by atoms with van der Waals surface area (Å²) >= 11 is 17.7. The van der Waals surface area contributed by atoms with Crippen molar-refractivity contribution >= 4 is 40.7 Å². The zero-order valence-corrected chi connectivity index (χ0v) is 12.5. The van der Waals surface area contributed by atoms with E-state index in [1.54, 1.807) is 0 Å². The van der Waals surface area contributed by atoms with Crippen LogP contribution in [0.1, 0.15) is 16.8 Å². The molecule has 1 amide bonds. The fourth-order valence-corrected chi connectivity index (χ4v) is 2.43. The maximum atomic E-state index is 11.9. The van der Waals surface area contributed by atoms with E-state index in [2.05, 4.69) is 10.2 Å². The molecule has 0 radical (unpaired) electrons. The number of carbonyl (C=O) groups is 1. The van der Waals surface area contributed by atoms with Crippen molar-refractivity contribution in [2.24, 2.45) is 0 Å². The first-order valence-electron chi connectivity index (χ1n) is 5.49. The molecule has 1 rings (SSSR count). The van der Waals surface area contributed by atoms with Crippen molar-refractivity contribution in [3.8, 4) is 0 Å². The lowest BCUT2D eigenvalue weighted by Gasteiger charge is -2.11. The van der Waals surface area contributed by atoms with E-state index >= 15 is 0 Å². The molecule has 1 aromatic rings. The molecular formula is C12H15Cl3N2O. The number of benzene rings is 1. The molecule has 0 atom stereocenters. The highest BCUT2D eigenvalue weighted by molar-refractivity contribution is 6.42. The second-order valence-electron chi connectivity index (χ2n) is 4.16. The van der Waals surface area contributed by atoms with Gasteiger partial charge in [-0.1, -0.05) is 34.8 Å². The zero-order chi connectivity index (χ0) is 13.7. The maximum Gasteiger partial charge on any atom is 0.254 e. The Kier molecular flexibility index (Phi) is 6.22. The summed E-state index contributed by atoms with van der Waals surface area (Å²) < 4.78 is 0. The minimum absolute atomic E-state index is 0.262. The van der Waals surface area contributed by atoms with E-state index in [0.29, 0.717) is 11.6 Å². The Morgan fingerprint density at radius 1 is 1.22 bits per heavy atom. The molecule has 1 N–H and O–H groups in total. The fraction of sp³-hybridized carbons (Fsp3) is 0.417. The van der Waals surface area contributed by atoms with Crippen LogP contribution in [-0.4, -0.2) is 38.0 Å². The number of amides is 1. The van der Waals surface area contributed by atoms with Gasteiger partial charge in [0.25, 0.3) is 5.91 Å². The summed E-state index contributed by atoms with van der Waals surface area (Å²) in [7, 11) is 3.96. The number of nitrogens with zero attached hydrogens (tertiary/aromatic N) is 1. The van der Waals surface area contributed by atoms with Crippen LogP contribution in [0.3, 0.4) is 0 Å². The van der Waals surface area contributed by atoms with Crippen molar-refractivity contribution in [2.75, 3.05) is 27.2 Å². The summed E-state index contributed by atoms with van der Waals surface area (Å²) in [4.78, 5) is 14.0. The van der Waals surface area contributed by atoms with Crippen molar-refractivity contribution in [1.82, 2.24) is 10.2 Å². The number of nitrogens with one attached hydrogen (secondary N) is 1. The molecule has 0 unspecified atom stereocenters. The van der Waals surface area contributed by atoms with Crippen LogP contribution in [0.2, 0.25) is 15.1 Å². The lowest BCUT2D eigenvalue weighted by Crippen LogP contribution is -2.27. The Bertz CT molecular complexity index is 412. The largest absolute Gasteiger partial charge is 0.352 e. The second-order valence-corrected chi connectivity index (χ2v) is 5.41. The molecule has 0 saturated carbocycles. The smallest absolute Gasteiger partial charge is 0.254 e. The van der Waals surface area contributed by atoms with Crippen LogP contribution in [0.25, 0.3) is 0 Å². The Hall–Kier alpha value is -0.480. The van der Waals surface area contributed by atoms with Crippen LogP contribution in [0.5, 0.6) is 0 Å². The van der Waals surface area contributed by atoms with Gasteiger partial charge in [0.05, 0.1) is 15.6 Å². The lowest BCUT2D eigenvalue weighted by molar-refractivity contribution is 0.0952. The number of rotatable bonds is 5. The highest BCUT2D eigenvalue weighted by Gasteiger charge is 2.15. The van der Waals surface area contributed by atoms with Crippen molar-refractivity contribution in [3.05, 3.63) is 32.8 Å². The van der Waals surface area contributed by atoms with Crippen molar-refractivity contribution in [1.29, 1.82) is 0 Å². The third-order valence-electron chi connectivity index (χ3n) is 2.30. The molecule has 0 aliphatic rings. The molecule has 100 valence electrons. The zero-order valence-electron chi connectivity index (χ0n) is 10.3. The van der Waals surface area contributed by atoms with E-state index in [-0.39, 0.29) is 21.5 Å². The third kappa shape index (κ3) is 4.65. The van der Waals surface area contributed by atoms with Gasteiger partial charge in [-0.15, -0.1) is 0 Å². The summed E-state index contributed by atoms with van der Waals surface area (Å²) in [6.07, 6.45) is 0.863. The first-order chi connectivity index (χ1) is 8.41. The van der Waals surface area contributed by atoms with Crippen molar-refractivity contribution in [3.63, 3.8) is 0 Å². The van der Waals surface area contributed by atoms with Crippen LogP contribution in [0.15, 0.2) is 12.1 Å². The van der Waals surface area contributed by atoms with Gasteiger partial charge < -0.3 is 10.2 Å². The van der Waals surface area contributed by atoms with E-state index in [1.165, 1.54) is 12.1 Å². The maximum absolute atomic E-state index is 11.9. The first kappa shape index (κ1) is 15.6. The van der Waals surface area contributed by atoms with Gasteiger partial charge in [0, 0.05) is 11.6 Å². The molecule has 0 saturated heterocycles. The SMILES string of the molecule is CN(C)CCCNC(=O)c1c(Cl)cc(Cl)cc1Cl. The molecule has 0 fully saturated rings. The number of carbonyl (C=O) groups excluding carboxylic acids is 1. The monoisotopic (exact) mass is 308 g/mol. The molecule has 0 heterocycles. The minimum atomic E-state index is -0.277. The third-order valence-corrected chi connectivity index (χ3v) is 3.12. The number of halogens is 3. The molecule has 1 aromatic carbocycles. The number of hydrogen-bond donors (Lipinski definition) is 1. The molecule has 0 spiro atoms. The Morgan fingerprint density at radius 2 is 1.78 bits per heavy atom. The standard InChI is InChI=1S/C12H15Cl3N2O/c1-17(2)5-3-4-16-12(18)11-9(14)6-8(13)7-10(11)15/h6-7H,3-5H2,1-2H3,(H,16,18). The van der Waals surface area contributed by atoms with Crippen LogP contribution < -0.4 is 5.32 Å². The predicted octanol–water partition coefficient (Wildman–Crippen LogP) is 3.33. The summed E-state index contributed by atoms with van der Waals surface area (Å²) in [5, 5.41) is 3.71. The summed E-state index contributed by atoms with van der Waals surface area (Å²) in [5.74, 6) is -0.277. The van der Waals surface area contributed by atoms with Gasteiger partial charge in [-0.25, -0.2) is 0 Å². The minimum Gasteiger partial charge on any atom is -0.352 e. The summed E-state index contributed by atoms with van der Waals surface area (Å²) in [6.45, 7) is 1.48. The van der Waals surface area contributed by atoms with E-state index in [9.17, 15) is 4.79 Å². The molecule has 0 aromatic heterocycles. The van der Waals surface area contributed by atoms with Crippen molar-refractivity contribution in [2.45, 2.75) is 6.42 Å². The van der Waals surface area contributed by atoms with Gasteiger partial charge in [-0.3, -0.25) is 4.79 Å². The predicted molar refractivity (Wildman–Crippen MR) is 77.0 cm³/mol. The second kappa shape index (κ2) is 7.19. The van der Waals surface area contributed by atoms with Gasteiger partial charge in [-0.2, -0.15) is 0 Å².